The number of aromatic nitrogens is 1. The minimum Gasteiger partial charge on any atom is -0.398 e. The zero-order valence-electron chi connectivity index (χ0n) is 9.56. The minimum absolute atomic E-state index is 0.0181. The van der Waals surface area contributed by atoms with Gasteiger partial charge in [-0.3, -0.25) is 4.79 Å². The number of rotatable bonds is 3. The monoisotopic (exact) mass is 305 g/mol. The molecule has 0 unspecified atom stereocenters. The summed E-state index contributed by atoms with van der Waals surface area (Å²) < 4.78 is 0.715. The molecule has 2 aromatic rings. The Morgan fingerprint density at radius 2 is 2.06 bits per heavy atom. The van der Waals surface area contributed by atoms with E-state index in [0.717, 1.165) is 5.56 Å². The van der Waals surface area contributed by atoms with Crippen LogP contribution in [-0.2, 0) is 6.42 Å². The molecule has 92 valence electrons. The maximum Gasteiger partial charge on any atom is 0.167 e. The molecule has 0 saturated carbocycles. The van der Waals surface area contributed by atoms with Crippen molar-refractivity contribution in [1.82, 2.24) is 4.98 Å². The second-order valence-electron chi connectivity index (χ2n) is 3.88. The van der Waals surface area contributed by atoms with Crippen LogP contribution in [0.1, 0.15) is 15.9 Å². The van der Waals surface area contributed by atoms with E-state index in [2.05, 4.69) is 20.9 Å². The van der Waals surface area contributed by atoms with E-state index >= 15 is 0 Å². The molecule has 0 fully saturated rings. The number of halogens is 1. The summed E-state index contributed by atoms with van der Waals surface area (Å²) >= 11 is 3.30. The molecule has 0 amide bonds. The number of pyridine rings is 1. The Bertz CT molecular complexity index is 599. The number of carbonyl (C=O) groups excluding carboxylic acids is 1. The van der Waals surface area contributed by atoms with Crippen molar-refractivity contribution < 1.29 is 4.79 Å². The molecule has 0 aliphatic rings. The van der Waals surface area contributed by atoms with Gasteiger partial charge in [-0.05, 0) is 40.2 Å². The summed E-state index contributed by atoms with van der Waals surface area (Å²) in [5, 5.41) is 0. The molecular formula is C13H12BrN3O. The molecule has 1 heterocycles. The number of nitrogen functional groups attached to an aromatic ring is 2. The molecule has 0 aliphatic heterocycles. The average molecular weight is 306 g/mol. The zero-order chi connectivity index (χ0) is 13.1. The van der Waals surface area contributed by atoms with E-state index in [-0.39, 0.29) is 12.2 Å². The molecular weight excluding hydrogens is 294 g/mol. The lowest BCUT2D eigenvalue weighted by Gasteiger charge is -2.05. The van der Waals surface area contributed by atoms with Gasteiger partial charge >= 0.3 is 0 Å². The molecule has 4 N–H and O–H groups in total. The highest BCUT2D eigenvalue weighted by atomic mass is 79.9. The average Bonchev–Trinajstić information content (AvgIpc) is 2.35. The van der Waals surface area contributed by atoms with Crippen molar-refractivity contribution in [3.8, 4) is 0 Å². The summed E-state index contributed by atoms with van der Waals surface area (Å²) in [7, 11) is 0. The second-order valence-corrected chi connectivity index (χ2v) is 4.74. The third-order valence-corrected chi connectivity index (χ3v) is 3.29. The number of nitrogens with two attached hydrogens (primary N) is 2. The third-order valence-electron chi connectivity index (χ3n) is 2.60. The number of anilines is 2. The molecule has 0 bridgehead atoms. The number of hydrogen-bond acceptors (Lipinski definition) is 4. The highest BCUT2D eigenvalue weighted by Gasteiger charge is 2.10. The standard InChI is InChI=1S/C13H12BrN3O/c14-10-6-8(3-4-11(10)15)12(18)7-9-2-1-5-17-13(9)16/h1-6H,7,15H2,(H2,16,17). The van der Waals surface area contributed by atoms with Crippen molar-refractivity contribution in [1.29, 1.82) is 0 Å². The predicted octanol–water partition coefficient (Wildman–Crippen LogP) is 2.43. The number of benzene rings is 1. The zero-order valence-corrected chi connectivity index (χ0v) is 11.1. The van der Waals surface area contributed by atoms with Crippen LogP contribution >= 0.6 is 15.9 Å². The largest absolute Gasteiger partial charge is 0.398 e. The van der Waals surface area contributed by atoms with Crippen LogP contribution in [0.5, 0.6) is 0 Å². The van der Waals surface area contributed by atoms with Gasteiger partial charge in [0, 0.05) is 33.9 Å². The first-order valence-electron chi connectivity index (χ1n) is 5.35. The quantitative estimate of drug-likeness (QED) is 0.674. The molecule has 0 atom stereocenters. The summed E-state index contributed by atoms with van der Waals surface area (Å²) in [6.07, 6.45) is 1.83. The van der Waals surface area contributed by atoms with Crippen molar-refractivity contribution in [3.63, 3.8) is 0 Å². The SMILES string of the molecule is Nc1ccc(C(=O)Cc2cccnc2N)cc1Br. The Balaban J connectivity index is 2.22. The highest BCUT2D eigenvalue weighted by Crippen LogP contribution is 2.21. The van der Waals surface area contributed by atoms with Crippen LogP contribution in [0.3, 0.4) is 0 Å². The molecule has 1 aromatic heterocycles. The van der Waals surface area contributed by atoms with Crippen LogP contribution in [0.15, 0.2) is 41.0 Å². The maximum atomic E-state index is 12.1. The van der Waals surface area contributed by atoms with Crippen LogP contribution in [0.25, 0.3) is 0 Å². The van der Waals surface area contributed by atoms with Crippen LogP contribution in [0.2, 0.25) is 0 Å². The second kappa shape index (κ2) is 5.18. The third kappa shape index (κ3) is 2.68. The van der Waals surface area contributed by atoms with Crippen molar-refractivity contribution in [3.05, 3.63) is 52.1 Å². The van der Waals surface area contributed by atoms with Gasteiger partial charge in [0.1, 0.15) is 5.82 Å². The first kappa shape index (κ1) is 12.6. The van der Waals surface area contributed by atoms with E-state index < -0.39 is 0 Å². The van der Waals surface area contributed by atoms with Gasteiger partial charge in [0.2, 0.25) is 0 Å². The Kier molecular flexibility index (Phi) is 3.62. The topological polar surface area (TPSA) is 82.0 Å². The lowest BCUT2D eigenvalue weighted by atomic mass is 10.0. The number of hydrogen-bond donors (Lipinski definition) is 2. The Hall–Kier alpha value is -1.88. The molecule has 4 nitrogen and oxygen atoms in total. The van der Waals surface area contributed by atoms with E-state index in [1.807, 2.05) is 0 Å². The van der Waals surface area contributed by atoms with Gasteiger partial charge in [-0.1, -0.05) is 6.07 Å². The first-order chi connectivity index (χ1) is 8.58. The molecule has 0 radical (unpaired) electrons. The molecule has 18 heavy (non-hydrogen) atoms. The van der Waals surface area contributed by atoms with Gasteiger partial charge in [0.05, 0.1) is 0 Å². The van der Waals surface area contributed by atoms with E-state index in [4.69, 9.17) is 11.5 Å². The molecule has 0 spiro atoms. The van der Waals surface area contributed by atoms with Crippen LogP contribution < -0.4 is 11.5 Å². The molecule has 0 saturated heterocycles. The lowest BCUT2D eigenvalue weighted by molar-refractivity contribution is 0.0993. The molecule has 0 aliphatic carbocycles. The van der Waals surface area contributed by atoms with Gasteiger partial charge in [0.15, 0.2) is 5.78 Å². The normalized spacial score (nSPS) is 10.3. The predicted molar refractivity (Wildman–Crippen MR) is 75.2 cm³/mol. The van der Waals surface area contributed by atoms with Crippen molar-refractivity contribution in [2.45, 2.75) is 6.42 Å². The molecule has 2 rings (SSSR count). The highest BCUT2D eigenvalue weighted by molar-refractivity contribution is 9.10. The van der Waals surface area contributed by atoms with E-state index in [1.165, 1.54) is 0 Å². The summed E-state index contributed by atoms with van der Waals surface area (Å²) in [6, 6.07) is 8.67. The first-order valence-corrected chi connectivity index (χ1v) is 6.15. The minimum atomic E-state index is -0.0181. The summed E-state index contributed by atoms with van der Waals surface area (Å²) in [5.74, 6) is 0.371. The number of nitrogens with zero attached hydrogens (tertiary/aromatic N) is 1. The van der Waals surface area contributed by atoms with Crippen LogP contribution in [-0.4, -0.2) is 10.8 Å². The molecule has 1 aromatic carbocycles. The molecule has 5 heteroatoms. The smallest absolute Gasteiger partial charge is 0.167 e. The maximum absolute atomic E-state index is 12.1. The van der Waals surface area contributed by atoms with Gasteiger partial charge in [0.25, 0.3) is 0 Å². The van der Waals surface area contributed by atoms with Crippen LogP contribution in [0.4, 0.5) is 11.5 Å². The fourth-order valence-corrected chi connectivity index (χ4v) is 1.95. The van der Waals surface area contributed by atoms with Crippen molar-refractivity contribution in [2.75, 3.05) is 11.5 Å². The number of carbonyl (C=O) groups is 1. The summed E-state index contributed by atoms with van der Waals surface area (Å²) in [6.45, 7) is 0. The van der Waals surface area contributed by atoms with Gasteiger partial charge in [-0.15, -0.1) is 0 Å². The van der Waals surface area contributed by atoms with Crippen molar-refractivity contribution >= 4 is 33.2 Å². The Morgan fingerprint density at radius 3 is 2.72 bits per heavy atom. The lowest BCUT2D eigenvalue weighted by Crippen LogP contribution is -2.07. The van der Waals surface area contributed by atoms with Crippen molar-refractivity contribution in [2.24, 2.45) is 0 Å². The summed E-state index contributed by atoms with van der Waals surface area (Å²) in [4.78, 5) is 16.0. The Labute approximate surface area is 113 Å². The number of Topliss-reactive ketones (excluding diaryl/α,β-unsaturated/α-hetero) is 1. The number of ketones is 1. The van der Waals surface area contributed by atoms with Gasteiger partial charge in [-0.2, -0.15) is 0 Å². The van der Waals surface area contributed by atoms with Gasteiger partial charge < -0.3 is 11.5 Å². The summed E-state index contributed by atoms with van der Waals surface area (Å²) in [5.41, 5.74) is 13.3. The van der Waals surface area contributed by atoms with Gasteiger partial charge in [-0.25, -0.2) is 4.98 Å². The van der Waals surface area contributed by atoms with E-state index in [0.29, 0.717) is 21.5 Å². The fourth-order valence-electron chi connectivity index (χ4n) is 1.58. The van der Waals surface area contributed by atoms with E-state index in [9.17, 15) is 4.79 Å². The fraction of sp³-hybridized carbons (Fsp3) is 0.0769. The van der Waals surface area contributed by atoms with Crippen LogP contribution in [0, 0.1) is 0 Å². The Morgan fingerprint density at radius 1 is 1.28 bits per heavy atom. The van der Waals surface area contributed by atoms with E-state index in [1.54, 1.807) is 36.5 Å².